The van der Waals surface area contributed by atoms with Gasteiger partial charge in [-0.3, -0.25) is 0 Å². The molecule has 0 aliphatic heterocycles. The zero-order valence-corrected chi connectivity index (χ0v) is 22.7. The zero-order valence-electron chi connectivity index (χ0n) is 22.7. The summed E-state index contributed by atoms with van der Waals surface area (Å²) in [7, 11) is 0. The molecule has 0 radical (unpaired) electrons. The zero-order chi connectivity index (χ0) is 29.0. The lowest BCUT2D eigenvalue weighted by Crippen LogP contribution is -2.06. The van der Waals surface area contributed by atoms with E-state index in [1.165, 1.54) is 24.3 Å². The molecule has 0 saturated heterocycles. The summed E-state index contributed by atoms with van der Waals surface area (Å²) in [5, 5.41) is 0. The molecule has 0 atom stereocenters. The predicted molar refractivity (Wildman–Crippen MR) is 153 cm³/mol. The summed E-state index contributed by atoms with van der Waals surface area (Å²) < 4.78 is 20.0. The Morgan fingerprint density at radius 1 is 0.475 bits per heavy atom. The van der Waals surface area contributed by atoms with E-state index >= 15 is 0 Å². The van der Waals surface area contributed by atoms with Crippen molar-refractivity contribution in [3.8, 4) is 0 Å². The molecule has 0 aromatic heterocycles. The molecule has 0 fully saturated rings. The maximum atomic E-state index is 11.9. The number of carbonyl (C=O) groups excluding carboxylic acids is 4. The highest BCUT2D eigenvalue weighted by molar-refractivity contribution is 5.89. The van der Waals surface area contributed by atoms with Crippen molar-refractivity contribution in [2.24, 2.45) is 0 Å². The molecule has 2 rings (SSSR count). The molecule has 8 nitrogen and oxygen atoms in total. The standard InChI is InChI=1S/C32H34O8/c1-3-37-29(33)19-15-25-7-11-27(12-8-25)17-21-31(35)39-23-5-6-24-40-32(36)22-18-28-13-9-26(10-14-28)16-20-30(34)38-4-2/h7-22H,3-6,23-24H2,1-2H3/b19-15+,20-16+,21-17+,22-18+. The van der Waals surface area contributed by atoms with Gasteiger partial charge in [0.15, 0.2) is 0 Å². The van der Waals surface area contributed by atoms with Gasteiger partial charge in [0.25, 0.3) is 0 Å². The third-order valence-electron chi connectivity index (χ3n) is 5.12. The fraction of sp³-hybridized carbons (Fsp3) is 0.250. The lowest BCUT2D eigenvalue weighted by atomic mass is 10.1. The normalized spacial score (nSPS) is 11.3. The quantitative estimate of drug-likeness (QED) is 0.126. The summed E-state index contributed by atoms with van der Waals surface area (Å²) >= 11 is 0. The molecular weight excluding hydrogens is 512 g/mol. The number of hydrogen-bond donors (Lipinski definition) is 0. The number of carbonyl (C=O) groups is 4. The Kier molecular flexibility index (Phi) is 14.6. The smallest absolute Gasteiger partial charge is 0.330 e. The highest BCUT2D eigenvalue weighted by atomic mass is 16.5. The molecule has 0 aliphatic carbocycles. The molecule has 40 heavy (non-hydrogen) atoms. The highest BCUT2D eigenvalue weighted by Gasteiger charge is 2.01. The van der Waals surface area contributed by atoms with Crippen molar-refractivity contribution in [2.45, 2.75) is 26.7 Å². The van der Waals surface area contributed by atoms with Gasteiger partial charge in [0.2, 0.25) is 0 Å². The molecule has 0 unspecified atom stereocenters. The van der Waals surface area contributed by atoms with Gasteiger partial charge in [-0.2, -0.15) is 0 Å². The highest BCUT2D eigenvalue weighted by Crippen LogP contribution is 2.10. The van der Waals surface area contributed by atoms with E-state index in [2.05, 4.69) is 0 Å². The molecule has 0 amide bonds. The number of unbranched alkanes of at least 4 members (excludes halogenated alkanes) is 1. The minimum absolute atomic E-state index is 0.213. The van der Waals surface area contributed by atoms with E-state index in [-0.39, 0.29) is 13.2 Å². The van der Waals surface area contributed by atoms with Crippen molar-refractivity contribution in [2.75, 3.05) is 26.4 Å². The Hall–Kier alpha value is -4.72. The largest absolute Gasteiger partial charge is 0.463 e. The number of benzene rings is 2. The minimum atomic E-state index is -0.464. The Bertz CT molecular complexity index is 1120. The molecule has 0 saturated carbocycles. The summed E-state index contributed by atoms with van der Waals surface area (Å²) in [4.78, 5) is 46.5. The SMILES string of the molecule is CCOC(=O)/C=C/c1ccc(/C=C/C(=O)OCCCCOC(=O)/C=C/c2ccc(/C=C/C(=O)OCC)cc2)cc1. The van der Waals surface area contributed by atoms with E-state index in [1.54, 1.807) is 38.2 Å². The van der Waals surface area contributed by atoms with Crippen LogP contribution >= 0.6 is 0 Å². The number of esters is 4. The molecule has 0 spiro atoms. The van der Waals surface area contributed by atoms with Gasteiger partial charge in [0.1, 0.15) is 0 Å². The second-order valence-electron chi connectivity index (χ2n) is 8.21. The summed E-state index contributed by atoms with van der Waals surface area (Å²) in [5.74, 6) is -1.72. The molecule has 2 aromatic carbocycles. The second kappa shape index (κ2) is 18.5. The Balaban J connectivity index is 1.61. The van der Waals surface area contributed by atoms with Crippen LogP contribution in [0.25, 0.3) is 24.3 Å². The fourth-order valence-corrected chi connectivity index (χ4v) is 3.12. The van der Waals surface area contributed by atoms with Crippen LogP contribution in [0.15, 0.2) is 72.8 Å². The van der Waals surface area contributed by atoms with Crippen LogP contribution < -0.4 is 0 Å². The fourth-order valence-electron chi connectivity index (χ4n) is 3.12. The first-order valence-corrected chi connectivity index (χ1v) is 13.0. The van der Waals surface area contributed by atoms with Gasteiger partial charge in [0.05, 0.1) is 26.4 Å². The summed E-state index contributed by atoms with van der Waals surface area (Å²) in [5.41, 5.74) is 3.29. The molecule has 0 N–H and O–H groups in total. The molecule has 0 aliphatic rings. The van der Waals surface area contributed by atoms with Gasteiger partial charge in [-0.15, -0.1) is 0 Å². The van der Waals surface area contributed by atoms with Gasteiger partial charge >= 0.3 is 23.9 Å². The molecule has 210 valence electrons. The minimum Gasteiger partial charge on any atom is -0.463 e. The van der Waals surface area contributed by atoms with Crippen LogP contribution in [0, 0.1) is 0 Å². The second-order valence-corrected chi connectivity index (χ2v) is 8.21. The van der Waals surface area contributed by atoms with Crippen molar-refractivity contribution >= 4 is 48.2 Å². The molecular formula is C32H34O8. The Morgan fingerprint density at radius 2 is 0.725 bits per heavy atom. The topological polar surface area (TPSA) is 105 Å². The summed E-state index contributed by atoms with van der Waals surface area (Å²) in [6, 6.07) is 14.6. The van der Waals surface area contributed by atoms with Gasteiger partial charge < -0.3 is 18.9 Å². The first-order valence-electron chi connectivity index (χ1n) is 13.0. The summed E-state index contributed by atoms with van der Waals surface area (Å²) in [6.07, 6.45) is 13.1. The third kappa shape index (κ3) is 13.7. The molecule has 0 heterocycles. The maximum absolute atomic E-state index is 11.9. The van der Waals surface area contributed by atoms with Crippen LogP contribution in [-0.2, 0) is 38.1 Å². The molecule has 0 bridgehead atoms. The predicted octanol–water partition coefficient (Wildman–Crippen LogP) is 5.43. The number of ether oxygens (including phenoxy) is 4. The van der Waals surface area contributed by atoms with Crippen LogP contribution in [0.3, 0.4) is 0 Å². The molecule has 2 aromatic rings. The van der Waals surface area contributed by atoms with Gasteiger partial charge in [-0.1, -0.05) is 48.5 Å². The van der Waals surface area contributed by atoms with Crippen molar-refractivity contribution < 1.29 is 38.1 Å². The van der Waals surface area contributed by atoms with Crippen molar-refractivity contribution in [3.05, 3.63) is 95.1 Å². The van der Waals surface area contributed by atoms with Gasteiger partial charge in [-0.25, -0.2) is 19.2 Å². The van der Waals surface area contributed by atoms with E-state index in [0.717, 1.165) is 22.3 Å². The van der Waals surface area contributed by atoms with Crippen molar-refractivity contribution in [3.63, 3.8) is 0 Å². The number of hydrogen-bond acceptors (Lipinski definition) is 8. The first kappa shape index (κ1) is 31.5. The van der Waals surface area contributed by atoms with Gasteiger partial charge in [-0.05, 0) is 73.2 Å². The van der Waals surface area contributed by atoms with Crippen LogP contribution in [0.2, 0.25) is 0 Å². The number of rotatable bonds is 15. The van der Waals surface area contributed by atoms with E-state index in [9.17, 15) is 19.2 Å². The van der Waals surface area contributed by atoms with Crippen molar-refractivity contribution in [1.29, 1.82) is 0 Å². The maximum Gasteiger partial charge on any atom is 0.330 e. The van der Waals surface area contributed by atoms with E-state index < -0.39 is 23.9 Å². The average Bonchev–Trinajstić information content (AvgIpc) is 2.96. The molecule has 8 heteroatoms. The van der Waals surface area contributed by atoms with Gasteiger partial charge in [0, 0.05) is 24.3 Å². The van der Waals surface area contributed by atoms with E-state index in [1.807, 2.05) is 48.5 Å². The summed E-state index contributed by atoms with van der Waals surface area (Å²) in [6.45, 7) is 4.57. The van der Waals surface area contributed by atoms with Crippen LogP contribution in [0.1, 0.15) is 48.9 Å². The third-order valence-corrected chi connectivity index (χ3v) is 5.12. The van der Waals surface area contributed by atoms with Crippen LogP contribution in [-0.4, -0.2) is 50.3 Å². The van der Waals surface area contributed by atoms with E-state index in [4.69, 9.17) is 18.9 Å². The average molecular weight is 547 g/mol. The van der Waals surface area contributed by atoms with Crippen molar-refractivity contribution in [1.82, 2.24) is 0 Å². The Morgan fingerprint density at radius 3 is 0.975 bits per heavy atom. The Labute approximate surface area is 234 Å². The van der Waals surface area contributed by atoms with E-state index in [0.29, 0.717) is 26.1 Å². The lowest BCUT2D eigenvalue weighted by molar-refractivity contribution is -0.140. The first-order chi connectivity index (χ1) is 19.4. The van der Waals surface area contributed by atoms with Crippen LogP contribution in [0.4, 0.5) is 0 Å². The monoisotopic (exact) mass is 546 g/mol. The van der Waals surface area contributed by atoms with Crippen LogP contribution in [0.5, 0.6) is 0 Å². The lowest BCUT2D eigenvalue weighted by Gasteiger charge is -2.03.